The molecule has 1 nitrogen and oxygen atoms in total. The molecule has 0 spiro atoms. The lowest BCUT2D eigenvalue weighted by Crippen LogP contribution is -2.32. The van der Waals surface area contributed by atoms with E-state index >= 15 is 0 Å². The van der Waals surface area contributed by atoms with E-state index in [9.17, 15) is 0 Å². The molecule has 0 radical (unpaired) electrons. The molecular weight excluding hydrogens is 282 g/mol. The number of hydrogen-bond donors (Lipinski definition) is 0. The Labute approximate surface area is 111 Å². The molecule has 0 aliphatic carbocycles. The summed E-state index contributed by atoms with van der Waals surface area (Å²) in [6, 6.07) is 2.25. The molecule has 90 valence electrons. The number of likely N-dealkylation sites (tertiary alicyclic amines) is 1. The summed E-state index contributed by atoms with van der Waals surface area (Å²) in [4.78, 5) is 4.09. The molecule has 0 aromatic carbocycles. The van der Waals surface area contributed by atoms with Crippen LogP contribution in [0.4, 0.5) is 0 Å². The lowest BCUT2D eigenvalue weighted by molar-refractivity contribution is 0.173. The smallest absolute Gasteiger partial charge is 0.0328 e. The summed E-state index contributed by atoms with van der Waals surface area (Å²) in [6.45, 7) is 6.03. The Kier molecular flexibility index (Phi) is 4.86. The first-order chi connectivity index (χ1) is 7.78. The third kappa shape index (κ3) is 3.57. The molecule has 1 aromatic heterocycles. The van der Waals surface area contributed by atoms with E-state index < -0.39 is 0 Å². The quantitative estimate of drug-likeness (QED) is 0.790. The standard InChI is InChI=1S/C13H20BrNS/c1-2-3-11-4-6-15(7-5-11)9-13-8-12(14)10-16-13/h8,10-11H,2-7,9H2,1H3. The minimum atomic E-state index is 0.997. The second-order valence-corrected chi connectivity index (χ2v) is 6.65. The van der Waals surface area contributed by atoms with Crippen molar-refractivity contribution in [2.45, 2.75) is 39.2 Å². The van der Waals surface area contributed by atoms with Crippen LogP contribution in [0.3, 0.4) is 0 Å². The summed E-state index contributed by atoms with van der Waals surface area (Å²) in [5, 5.41) is 2.18. The van der Waals surface area contributed by atoms with Gasteiger partial charge >= 0.3 is 0 Å². The van der Waals surface area contributed by atoms with Crippen molar-refractivity contribution in [3.05, 3.63) is 20.8 Å². The highest BCUT2D eigenvalue weighted by molar-refractivity contribution is 9.10. The molecule has 1 aromatic rings. The molecule has 1 aliphatic heterocycles. The van der Waals surface area contributed by atoms with Gasteiger partial charge < -0.3 is 0 Å². The van der Waals surface area contributed by atoms with Gasteiger partial charge in [0.2, 0.25) is 0 Å². The number of rotatable bonds is 4. The van der Waals surface area contributed by atoms with Crippen molar-refractivity contribution in [2.24, 2.45) is 5.92 Å². The van der Waals surface area contributed by atoms with Crippen LogP contribution < -0.4 is 0 Å². The second-order valence-electron chi connectivity index (χ2n) is 4.74. The maximum absolute atomic E-state index is 3.52. The van der Waals surface area contributed by atoms with Gasteiger partial charge in [0.25, 0.3) is 0 Å². The minimum Gasteiger partial charge on any atom is -0.298 e. The number of hydrogen-bond acceptors (Lipinski definition) is 2. The fourth-order valence-electron chi connectivity index (χ4n) is 2.50. The van der Waals surface area contributed by atoms with Gasteiger partial charge in [-0.25, -0.2) is 0 Å². The second kappa shape index (κ2) is 6.18. The molecular formula is C13H20BrNS. The molecule has 0 saturated carbocycles. The Morgan fingerprint density at radius 2 is 2.19 bits per heavy atom. The predicted molar refractivity (Wildman–Crippen MR) is 74.9 cm³/mol. The minimum absolute atomic E-state index is 0.997. The number of thiophene rings is 1. The third-order valence-electron chi connectivity index (χ3n) is 3.41. The monoisotopic (exact) mass is 301 g/mol. The van der Waals surface area contributed by atoms with Gasteiger partial charge in [0.05, 0.1) is 0 Å². The van der Waals surface area contributed by atoms with E-state index in [0.29, 0.717) is 0 Å². The van der Waals surface area contributed by atoms with Crippen molar-refractivity contribution in [2.75, 3.05) is 13.1 Å². The molecule has 1 aliphatic rings. The zero-order valence-corrected chi connectivity index (χ0v) is 12.3. The maximum atomic E-state index is 3.52. The van der Waals surface area contributed by atoms with Gasteiger partial charge in [0.15, 0.2) is 0 Å². The summed E-state index contributed by atoms with van der Waals surface area (Å²) >= 11 is 5.38. The van der Waals surface area contributed by atoms with Crippen molar-refractivity contribution in [1.82, 2.24) is 4.90 Å². The molecule has 1 fully saturated rings. The zero-order chi connectivity index (χ0) is 11.4. The van der Waals surface area contributed by atoms with E-state index in [1.54, 1.807) is 0 Å². The van der Waals surface area contributed by atoms with E-state index in [1.165, 1.54) is 48.1 Å². The van der Waals surface area contributed by atoms with E-state index in [-0.39, 0.29) is 0 Å². The molecule has 3 heteroatoms. The van der Waals surface area contributed by atoms with Gasteiger partial charge in [-0.1, -0.05) is 19.8 Å². The molecule has 2 heterocycles. The van der Waals surface area contributed by atoms with Gasteiger partial charge in [0, 0.05) is 21.3 Å². The molecule has 1 saturated heterocycles. The summed E-state index contributed by atoms with van der Waals surface area (Å²) < 4.78 is 1.23. The number of halogens is 1. The summed E-state index contributed by atoms with van der Waals surface area (Å²) in [6.07, 6.45) is 5.59. The van der Waals surface area contributed by atoms with Crippen LogP contribution in [0.5, 0.6) is 0 Å². The van der Waals surface area contributed by atoms with Crippen molar-refractivity contribution >= 4 is 27.3 Å². The Morgan fingerprint density at radius 3 is 2.75 bits per heavy atom. The van der Waals surface area contributed by atoms with E-state index in [0.717, 1.165) is 12.5 Å². The van der Waals surface area contributed by atoms with Crippen molar-refractivity contribution < 1.29 is 0 Å². The average Bonchev–Trinajstić information content (AvgIpc) is 2.67. The molecule has 0 N–H and O–H groups in total. The fraction of sp³-hybridized carbons (Fsp3) is 0.692. The fourth-order valence-corrected chi connectivity index (χ4v) is 3.99. The lowest BCUT2D eigenvalue weighted by atomic mass is 9.92. The van der Waals surface area contributed by atoms with Crippen molar-refractivity contribution in [3.63, 3.8) is 0 Å². The molecule has 0 bridgehead atoms. The summed E-state index contributed by atoms with van der Waals surface area (Å²) in [5.74, 6) is 0.997. The van der Waals surface area contributed by atoms with Crippen LogP contribution in [-0.4, -0.2) is 18.0 Å². The first-order valence-corrected chi connectivity index (χ1v) is 7.90. The van der Waals surface area contributed by atoms with E-state index in [2.05, 4.69) is 39.2 Å². The molecule has 16 heavy (non-hydrogen) atoms. The average molecular weight is 302 g/mol. The Morgan fingerprint density at radius 1 is 1.44 bits per heavy atom. The Bertz CT molecular complexity index is 315. The van der Waals surface area contributed by atoms with Gasteiger partial charge in [-0.15, -0.1) is 11.3 Å². The molecule has 2 rings (SSSR count). The molecule has 0 amide bonds. The topological polar surface area (TPSA) is 3.24 Å². The molecule has 0 atom stereocenters. The van der Waals surface area contributed by atoms with Crippen LogP contribution in [0.1, 0.15) is 37.5 Å². The Balaban J connectivity index is 1.77. The largest absolute Gasteiger partial charge is 0.298 e. The van der Waals surface area contributed by atoms with Crippen LogP contribution >= 0.6 is 27.3 Å². The van der Waals surface area contributed by atoms with Gasteiger partial charge in [-0.05, 0) is 53.8 Å². The maximum Gasteiger partial charge on any atom is 0.0328 e. The lowest BCUT2D eigenvalue weighted by Gasteiger charge is -2.31. The van der Waals surface area contributed by atoms with Crippen LogP contribution in [-0.2, 0) is 6.54 Å². The molecule has 0 unspecified atom stereocenters. The normalized spacial score (nSPS) is 19.1. The zero-order valence-electron chi connectivity index (χ0n) is 9.92. The number of piperidine rings is 1. The number of nitrogens with zero attached hydrogens (tertiary/aromatic N) is 1. The first-order valence-electron chi connectivity index (χ1n) is 6.23. The van der Waals surface area contributed by atoms with Gasteiger partial charge in [-0.2, -0.15) is 0 Å². The van der Waals surface area contributed by atoms with Crippen molar-refractivity contribution in [3.8, 4) is 0 Å². The highest BCUT2D eigenvalue weighted by atomic mass is 79.9. The van der Waals surface area contributed by atoms with E-state index in [4.69, 9.17) is 0 Å². The van der Waals surface area contributed by atoms with Gasteiger partial charge in [0.1, 0.15) is 0 Å². The summed E-state index contributed by atoms with van der Waals surface area (Å²) in [7, 11) is 0. The SMILES string of the molecule is CCCC1CCN(Cc2cc(Br)cs2)CC1. The van der Waals surface area contributed by atoms with Crippen molar-refractivity contribution in [1.29, 1.82) is 0 Å². The van der Waals surface area contributed by atoms with Gasteiger partial charge in [-0.3, -0.25) is 4.90 Å². The van der Waals surface area contributed by atoms with E-state index in [1.807, 2.05) is 11.3 Å². The van der Waals surface area contributed by atoms with Crippen LogP contribution in [0.2, 0.25) is 0 Å². The van der Waals surface area contributed by atoms with Crippen LogP contribution in [0.15, 0.2) is 15.9 Å². The summed E-state index contributed by atoms with van der Waals surface area (Å²) in [5.41, 5.74) is 0. The van der Waals surface area contributed by atoms with Crippen LogP contribution in [0, 0.1) is 5.92 Å². The Hall–Kier alpha value is 0.140. The highest BCUT2D eigenvalue weighted by Gasteiger charge is 2.18. The first kappa shape index (κ1) is 12.6. The highest BCUT2D eigenvalue weighted by Crippen LogP contribution is 2.25. The predicted octanol–water partition coefficient (Wildman–Crippen LogP) is 4.52. The third-order valence-corrected chi connectivity index (χ3v) is 5.09. The van der Waals surface area contributed by atoms with Crippen LogP contribution in [0.25, 0.3) is 0 Å².